The fourth-order valence-electron chi connectivity index (χ4n) is 2.51. The molecule has 0 amide bonds. The van der Waals surface area contributed by atoms with E-state index in [1.165, 1.54) is 31.4 Å². The fourth-order valence-corrected chi connectivity index (χ4v) is 6.95. The van der Waals surface area contributed by atoms with E-state index in [9.17, 15) is 0 Å². The minimum absolute atomic E-state index is 1.25. The summed E-state index contributed by atoms with van der Waals surface area (Å²) in [7, 11) is 3.25. The van der Waals surface area contributed by atoms with Gasteiger partial charge in [-0.15, -0.1) is 0 Å². The smallest absolute Gasteiger partial charge is 0.155 e. The Morgan fingerprint density at radius 2 is 1.73 bits per heavy atom. The third-order valence-electron chi connectivity index (χ3n) is 3.58. The highest BCUT2D eigenvalue weighted by Gasteiger charge is 2.34. The zero-order chi connectivity index (χ0) is 11.9. The molecule has 0 aliphatic carbocycles. The van der Waals surface area contributed by atoms with Gasteiger partial charge < -0.3 is 4.57 Å². The number of nitrogens with zero attached hydrogens (tertiary/aromatic N) is 1. The van der Waals surface area contributed by atoms with E-state index in [1.54, 1.807) is 5.20 Å². The zero-order valence-corrected chi connectivity index (χ0v) is 12.6. The highest BCUT2D eigenvalue weighted by atomic mass is 28.3. The summed E-state index contributed by atoms with van der Waals surface area (Å²) in [6.45, 7) is 9.30. The number of hydrogen-bond acceptors (Lipinski definition) is 1. The topological polar surface area (TPSA) is 3.24 Å². The predicted molar refractivity (Wildman–Crippen MR) is 73.7 cm³/mol. The van der Waals surface area contributed by atoms with Crippen molar-refractivity contribution in [3.8, 4) is 0 Å². The molecule has 0 aliphatic heterocycles. The lowest BCUT2D eigenvalue weighted by Crippen LogP contribution is -2.50. The van der Waals surface area contributed by atoms with Crippen molar-refractivity contribution in [3.05, 3.63) is 11.3 Å². The summed E-state index contributed by atoms with van der Waals surface area (Å²) in [6.07, 6.45) is 6.32. The molecule has 0 heterocycles. The molecule has 0 N–H and O–H groups in total. The lowest BCUT2D eigenvalue weighted by Gasteiger charge is -2.38. The highest BCUT2D eigenvalue weighted by Crippen LogP contribution is 2.28. The van der Waals surface area contributed by atoms with E-state index in [-0.39, 0.29) is 0 Å². The first-order chi connectivity index (χ1) is 7.05. The summed E-state index contributed by atoms with van der Waals surface area (Å²) in [5.74, 6) is 0. The molecule has 0 aromatic heterocycles. The van der Waals surface area contributed by atoms with Gasteiger partial charge in [0.15, 0.2) is 8.24 Å². The van der Waals surface area contributed by atoms with Gasteiger partial charge in [-0.05, 0) is 39.5 Å². The molecule has 15 heavy (non-hydrogen) atoms. The second-order valence-electron chi connectivity index (χ2n) is 4.71. The van der Waals surface area contributed by atoms with E-state index in [0.29, 0.717) is 0 Å². The minimum Gasteiger partial charge on any atom is -0.326 e. The first kappa shape index (κ1) is 14.9. The van der Waals surface area contributed by atoms with E-state index in [2.05, 4.69) is 52.4 Å². The van der Waals surface area contributed by atoms with Crippen LogP contribution < -0.4 is 0 Å². The molecule has 2 heteroatoms. The monoisotopic (exact) mass is 227 g/mol. The van der Waals surface area contributed by atoms with Crippen molar-refractivity contribution < 1.29 is 0 Å². The molecule has 0 bridgehead atoms. The number of unbranched alkanes of at least 4 members (excludes halogenated alkanes) is 1. The van der Waals surface area contributed by atoms with Gasteiger partial charge in [0.2, 0.25) is 0 Å². The molecule has 0 fully saturated rings. The first-order valence-electron chi connectivity index (χ1n) is 6.39. The molecule has 0 aromatic carbocycles. The van der Waals surface area contributed by atoms with Crippen LogP contribution in [-0.2, 0) is 0 Å². The number of allylic oxidation sites excluding steroid dienone is 2. The average Bonchev–Trinajstić information content (AvgIpc) is 2.22. The average molecular weight is 227 g/mol. The second-order valence-corrected chi connectivity index (χ2v) is 9.66. The van der Waals surface area contributed by atoms with Crippen LogP contribution in [0.5, 0.6) is 0 Å². The van der Waals surface area contributed by atoms with Crippen molar-refractivity contribution in [3.63, 3.8) is 0 Å². The Kier molecular flexibility index (Phi) is 7.19. The molecule has 0 aliphatic rings. The van der Waals surface area contributed by atoms with Crippen LogP contribution in [-0.4, -0.2) is 26.9 Å². The molecule has 0 saturated heterocycles. The van der Waals surface area contributed by atoms with Gasteiger partial charge in [0.05, 0.1) is 0 Å². The van der Waals surface area contributed by atoms with E-state index in [1.807, 2.05) is 0 Å². The van der Waals surface area contributed by atoms with Crippen molar-refractivity contribution in [2.45, 2.75) is 59.0 Å². The van der Waals surface area contributed by atoms with Crippen molar-refractivity contribution in [1.29, 1.82) is 0 Å². The molecular weight excluding hydrogens is 198 g/mol. The maximum absolute atomic E-state index is 2.54. The molecular formula is C13H29NSi. The Bertz CT molecular complexity index is 199. The molecule has 1 atom stereocenters. The third kappa shape index (κ3) is 3.76. The van der Waals surface area contributed by atoms with Crippen LogP contribution in [0.25, 0.3) is 0 Å². The van der Waals surface area contributed by atoms with Crippen molar-refractivity contribution in [1.82, 2.24) is 4.57 Å². The maximum atomic E-state index is 2.54. The first-order valence-corrected chi connectivity index (χ1v) is 8.75. The minimum atomic E-state index is -1.29. The summed E-state index contributed by atoms with van der Waals surface area (Å²) < 4.78 is 2.54. The summed E-state index contributed by atoms with van der Waals surface area (Å²) in [5, 5.41) is 1.69. The van der Waals surface area contributed by atoms with E-state index in [4.69, 9.17) is 0 Å². The van der Waals surface area contributed by atoms with Crippen LogP contribution in [0.1, 0.15) is 47.0 Å². The standard InChI is InChI=1S/C13H29NSi/c1-7-10-11-13(4)15(9-3,12-8-2)14(5)6/h11H,7-10,12H2,1-6H3/b13-11-. The van der Waals surface area contributed by atoms with Gasteiger partial charge >= 0.3 is 0 Å². The van der Waals surface area contributed by atoms with E-state index < -0.39 is 8.24 Å². The zero-order valence-electron chi connectivity index (χ0n) is 11.6. The molecule has 0 rings (SSSR count). The Balaban J connectivity index is 4.88. The molecule has 90 valence electrons. The lowest BCUT2D eigenvalue weighted by atomic mass is 10.3. The van der Waals surface area contributed by atoms with Gasteiger partial charge in [-0.2, -0.15) is 0 Å². The molecule has 0 aromatic rings. The quantitative estimate of drug-likeness (QED) is 0.589. The number of hydrogen-bond donors (Lipinski definition) is 0. The van der Waals surface area contributed by atoms with Gasteiger partial charge in [0, 0.05) is 0 Å². The van der Waals surface area contributed by atoms with Crippen LogP contribution >= 0.6 is 0 Å². The number of rotatable bonds is 7. The van der Waals surface area contributed by atoms with Crippen molar-refractivity contribution in [2.24, 2.45) is 0 Å². The maximum Gasteiger partial charge on any atom is 0.155 e. The second kappa shape index (κ2) is 7.23. The molecule has 0 spiro atoms. The summed E-state index contributed by atoms with van der Waals surface area (Å²) >= 11 is 0. The fraction of sp³-hybridized carbons (Fsp3) is 0.846. The van der Waals surface area contributed by atoms with E-state index in [0.717, 1.165) is 0 Å². The van der Waals surface area contributed by atoms with Crippen LogP contribution in [0.15, 0.2) is 11.3 Å². The summed E-state index contributed by atoms with van der Waals surface area (Å²) in [5.41, 5.74) is 0. The van der Waals surface area contributed by atoms with Gasteiger partial charge in [-0.25, -0.2) is 0 Å². The molecule has 0 radical (unpaired) electrons. The van der Waals surface area contributed by atoms with Gasteiger partial charge in [-0.3, -0.25) is 0 Å². The Morgan fingerprint density at radius 1 is 1.13 bits per heavy atom. The Morgan fingerprint density at radius 3 is 2.07 bits per heavy atom. The summed E-state index contributed by atoms with van der Waals surface area (Å²) in [4.78, 5) is 0. The Hall–Kier alpha value is -0.0831. The van der Waals surface area contributed by atoms with Crippen LogP contribution in [0.3, 0.4) is 0 Å². The Labute approximate surface area is 97.6 Å². The predicted octanol–water partition coefficient (Wildman–Crippen LogP) is 4.21. The molecule has 1 unspecified atom stereocenters. The largest absolute Gasteiger partial charge is 0.326 e. The lowest BCUT2D eigenvalue weighted by molar-refractivity contribution is 0.606. The SMILES string of the molecule is CCC/C=C(/C)[Si](CC)(CCC)N(C)C. The summed E-state index contributed by atoms with van der Waals surface area (Å²) in [6, 6.07) is 2.75. The van der Waals surface area contributed by atoms with Gasteiger partial charge in [-0.1, -0.05) is 44.9 Å². The highest BCUT2D eigenvalue weighted by molar-refractivity contribution is 6.83. The molecule has 1 nitrogen and oxygen atoms in total. The van der Waals surface area contributed by atoms with Crippen LogP contribution in [0.4, 0.5) is 0 Å². The van der Waals surface area contributed by atoms with Crippen molar-refractivity contribution >= 4 is 8.24 Å². The van der Waals surface area contributed by atoms with Crippen LogP contribution in [0.2, 0.25) is 12.1 Å². The third-order valence-corrected chi connectivity index (χ3v) is 9.46. The van der Waals surface area contributed by atoms with Crippen molar-refractivity contribution in [2.75, 3.05) is 14.1 Å². The van der Waals surface area contributed by atoms with Crippen LogP contribution in [0, 0.1) is 0 Å². The van der Waals surface area contributed by atoms with Gasteiger partial charge in [0.25, 0.3) is 0 Å². The van der Waals surface area contributed by atoms with E-state index >= 15 is 0 Å². The molecule has 0 saturated carbocycles. The normalized spacial score (nSPS) is 16.9. The van der Waals surface area contributed by atoms with Gasteiger partial charge in [0.1, 0.15) is 0 Å².